The zero-order chi connectivity index (χ0) is 15.7. The summed E-state index contributed by atoms with van der Waals surface area (Å²) < 4.78 is 14.3. The summed E-state index contributed by atoms with van der Waals surface area (Å²) in [6, 6.07) is 9.28. The van der Waals surface area contributed by atoms with E-state index in [4.69, 9.17) is 11.7 Å². The molecule has 0 spiro atoms. The third-order valence-electron chi connectivity index (χ3n) is 3.79. The predicted octanol–water partition coefficient (Wildman–Crippen LogP) is 4.45. The number of carboxylic acid groups (broad SMARTS) is 1. The van der Waals surface area contributed by atoms with Crippen molar-refractivity contribution in [2.45, 2.75) is 12.8 Å². The summed E-state index contributed by atoms with van der Waals surface area (Å²) in [5, 5.41) is 9.16. The Labute approximate surface area is 127 Å². The molecule has 3 rings (SSSR count). The number of fused-ring (bicyclic) bond motifs is 1. The quantitative estimate of drug-likeness (QED) is 0.831. The minimum atomic E-state index is -1.02. The molecule has 1 aliphatic carbocycles. The number of nitrogens with zero attached hydrogens (tertiary/aromatic N) is 1. The number of carboxylic acids is 1. The number of hydrogen-bond acceptors (Lipinski definition) is 1. The first-order chi connectivity index (χ1) is 10.6. The molecular weight excluding hydrogens is 281 g/mol. The van der Waals surface area contributed by atoms with Crippen molar-refractivity contribution in [1.29, 1.82) is 0 Å². The van der Waals surface area contributed by atoms with E-state index < -0.39 is 11.8 Å². The van der Waals surface area contributed by atoms with Crippen molar-refractivity contribution < 1.29 is 14.3 Å². The Hall–Kier alpha value is -2.93. The second-order valence-corrected chi connectivity index (χ2v) is 5.08. The van der Waals surface area contributed by atoms with Gasteiger partial charge in [0.15, 0.2) is 5.69 Å². The highest BCUT2D eigenvalue weighted by Crippen LogP contribution is 2.38. The molecule has 1 N–H and O–H groups in total. The van der Waals surface area contributed by atoms with Crippen LogP contribution < -0.4 is 0 Å². The van der Waals surface area contributed by atoms with E-state index in [0.717, 1.165) is 18.4 Å². The maximum atomic E-state index is 14.3. The first kappa shape index (κ1) is 14.0. The van der Waals surface area contributed by atoms with Gasteiger partial charge in [-0.05, 0) is 47.7 Å². The van der Waals surface area contributed by atoms with Crippen LogP contribution in [0.5, 0.6) is 0 Å². The van der Waals surface area contributed by atoms with Crippen LogP contribution in [-0.2, 0) is 6.42 Å². The molecule has 1 aliphatic rings. The monoisotopic (exact) mass is 293 g/mol. The highest BCUT2D eigenvalue weighted by atomic mass is 19.1. The van der Waals surface area contributed by atoms with Gasteiger partial charge in [-0.3, -0.25) is 0 Å². The van der Waals surface area contributed by atoms with Crippen molar-refractivity contribution in [3.8, 4) is 0 Å². The molecule has 0 saturated carbocycles. The van der Waals surface area contributed by atoms with Crippen LogP contribution in [0.4, 0.5) is 10.1 Å². The maximum absolute atomic E-state index is 14.3. The van der Waals surface area contributed by atoms with Gasteiger partial charge in [0.2, 0.25) is 0 Å². The van der Waals surface area contributed by atoms with Gasteiger partial charge in [-0.25, -0.2) is 14.0 Å². The van der Waals surface area contributed by atoms with Crippen molar-refractivity contribution in [2.24, 2.45) is 0 Å². The van der Waals surface area contributed by atoms with Crippen LogP contribution in [0.3, 0.4) is 0 Å². The molecule has 0 unspecified atom stereocenters. The topological polar surface area (TPSA) is 41.7 Å². The van der Waals surface area contributed by atoms with Crippen molar-refractivity contribution >= 4 is 17.2 Å². The van der Waals surface area contributed by atoms with E-state index in [1.807, 2.05) is 6.08 Å². The summed E-state index contributed by atoms with van der Waals surface area (Å²) >= 11 is 0. The van der Waals surface area contributed by atoms with Crippen LogP contribution >= 0.6 is 0 Å². The summed E-state index contributed by atoms with van der Waals surface area (Å²) in [5.41, 5.74) is 2.92. The number of aromatic carboxylic acids is 1. The van der Waals surface area contributed by atoms with Gasteiger partial charge in [0.25, 0.3) is 0 Å². The number of allylic oxidation sites excluding steroid dienone is 1. The van der Waals surface area contributed by atoms with Gasteiger partial charge < -0.3 is 5.11 Å². The van der Waals surface area contributed by atoms with E-state index in [-0.39, 0.29) is 16.8 Å². The number of aryl methyl sites for hydroxylation is 1. The molecular formula is C18H12FNO2. The minimum absolute atomic E-state index is 0.159. The average Bonchev–Trinajstić information content (AvgIpc) is 2.53. The Balaban J connectivity index is 2.24. The van der Waals surface area contributed by atoms with Crippen LogP contribution in [-0.4, -0.2) is 11.1 Å². The van der Waals surface area contributed by atoms with Crippen molar-refractivity contribution in [3.63, 3.8) is 0 Å². The minimum Gasteiger partial charge on any atom is -0.478 e. The van der Waals surface area contributed by atoms with E-state index in [2.05, 4.69) is 4.85 Å². The van der Waals surface area contributed by atoms with Crippen LogP contribution in [0.25, 0.3) is 10.4 Å². The van der Waals surface area contributed by atoms with Crippen molar-refractivity contribution in [2.75, 3.05) is 0 Å². The van der Waals surface area contributed by atoms with Gasteiger partial charge in [-0.2, -0.15) is 0 Å². The molecule has 108 valence electrons. The highest BCUT2D eigenvalue weighted by Gasteiger charge is 2.21. The normalized spacial score (nSPS) is 13.0. The maximum Gasteiger partial charge on any atom is 0.335 e. The lowest BCUT2D eigenvalue weighted by Gasteiger charge is -2.20. The first-order valence-electron chi connectivity index (χ1n) is 6.85. The van der Waals surface area contributed by atoms with E-state index in [0.29, 0.717) is 11.1 Å². The van der Waals surface area contributed by atoms with Gasteiger partial charge in [0.05, 0.1) is 12.1 Å². The van der Waals surface area contributed by atoms with E-state index in [1.165, 1.54) is 12.1 Å². The summed E-state index contributed by atoms with van der Waals surface area (Å²) in [6.07, 6.45) is 3.39. The van der Waals surface area contributed by atoms with E-state index in [9.17, 15) is 9.18 Å². The molecule has 0 radical (unpaired) electrons. The molecule has 0 aliphatic heterocycles. The Morgan fingerprint density at radius 2 is 2.09 bits per heavy atom. The largest absolute Gasteiger partial charge is 0.478 e. The lowest BCUT2D eigenvalue weighted by Crippen LogP contribution is -2.06. The third-order valence-corrected chi connectivity index (χ3v) is 3.79. The number of rotatable bonds is 2. The smallest absolute Gasteiger partial charge is 0.335 e. The fraction of sp³-hybridized carbons (Fsp3) is 0.111. The molecule has 0 bridgehead atoms. The Bertz CT molecular complexity index is 847. The summed E-state index contributed by atoms with van der Waals surface area (Å²) in [7, 11) is 0. The zero-order valence-corrected chi connectivity index (χ0v) is 11.6. The van der Waals surface area contributed by atoms with Gasteiger partial charge >= 0.3 is 5.97 Å². The molecule has 2 aromatic rings. The zero-order valence-electron chi connectivity index (χ0n) is 11.6. The molecule has 0 heterocycles. The van der Waals surface area contributed by atoms with Crippen LogP contribution in [0.2, 0.25) is 0 Å². The Morgan fingerprint density at radius 1 is 1.27 bits per heavy atom. The molecule has 0 atom stereocenters. The predicted molar refractivity (Wildman–Crippen MR) is 81.5 cm³/mol. The van der Waals surface area contributed by atoms with Crippen molar-refractivity contribution in [1.82, 2.24) is 0 Å². The second kappa shape index (κ2) is 5.45. The molecule has 4 heteroatoms. The third kappa shape index (κ3) is 2.27. The van der Waals surface area contributed by atoms with E-state index >= 15 is 0 Å². The summed E-state index contributed by atoms with van der Waals surface area (Å²) in [6.45, 7) is 7.23. The average molecular weight is 293 g/mol. The SMILES string of the molecule is [C-]#[N+]c1cccc(F)c1C1=CCCc2ccc(C(=O)O)cc21. The molecule has 0 fully saturated rings. The fourth-order valence-corrected chi connectivity index (χ4v) is 2.77. The van der Waals surface area contributed by atoms with Crippen LogP contribution in [0.15, 0.2) is 42.5 Å². The number of hydrogen-bond donors (Lipinski definition) is 1. The lowest BCUT2D eigenvalue weighted by atomic mass is 9.85. The van der Waals surface area contributed by atoms with Gasteiger partial charge in [0, 0.05) is 5.56 Å². The van der Waals surface area contributed by atoms with Gasteiger partial charge in [-0.15, -0.1) is 0 Å². The second-order valence-electron chi connectivity index (χ2n) is 5.08. The molecule has 0 aromatic heterocycles. The van der Waals surface area contributed by atoms with E-state index in [1.54, 1.807) is 24.3 Å². The number of halogens is 1. The fourth-order valence-electron chi connectivity index (χ4n) is 2.77. The lowest BCUT2D eigenvalue weighted by molar-refractivity contribution is 0.0697. The number of carbonyl (C=O) groups is 1. The molecule has 3 nitrogen and oxygen atoms in total. The van der Waals surface area contributed by atoms with Gasteiger partial charge in [0.1, 0.15) is 5.82 Å². The molecule has 2 aromatic carbocycles. The number of benzene rings is 2. The van der Waals surface area contributed by atoms with Crippen LogP contribution in [0.1, 0.15) is 33.5 Å². The van der Waals surface area contributed by atoms with Crippen molar-refractivity contribution in [3.05, 3.63) is 82.0 Å². The summed E-state index contributed by atoms with van der Waals surface area (Å²) in [4.78, 5) is 14.6. The highest BCUT2D eigenvalue weighted by molar-refractivity contribution is 5.93. The summed E-state index contributed by atoms with van der Waals surface area (Å²) in [5.74, 6) is -1.49. The standard InChI is InChI=1S/C18H12FNO2/c1-20-16-7-3-6-15(19)17(16)13-5-2-4-11-8-9-12(18(21)22)10-14(11)13/h3,5-10H,2,4H2,(H,21,22). The van der Waals surface area contributed by atoms with Gasteiger partial charge in [-0.1, -0.05) is 24.3 Å². The molecule has 0 amide bonds. The first-order valence-corrected chi connectivity index (χ1v) is 6.85. The molecule has 0 saturated heterocycles. The van der Waals surface area contributed by atoms with Crippen LogP contribution in [0, 0.1) is 12.4 Å². The Morgan fingerprint density at radius 3 is 2.82 bits per heavy atom. The molecule has 22 heavy (non-hydrogen) atoms. The Kier molecular flexibility index (Phi) is 3.48.